The first-order chi connectivity index (χ1) is 9.77. The SMILES string of the molecule is CCCCCCCCCC(O)C1CCC(CCC)CC1. The Morgan fingerprint density at radius 3 is 2.00 bits per heavy atom. The molecular weight excluding hydrogens is 244 g/mol. The van der Waals surface area contributed by atoms with E-state index in [2.05, 4.69) is 13.8 Å². The Morgan fingerprint density at radius 2 is 1.40 bits per heavy atom. The fraction of sp³-hybridized carbons (Fsp3) is 1.00. The average molecular weight is 283 g/mol. The summed E-state index contributed by atoms with van der Waals surface area (Å²) in [6, 6.07) is 0. The van der Waals surface area contributed by atoms with Crippen molar-refractivity contribution >= 4 is 0 Å². The zero-order valence-corrected chi connectivity index (χ0v) is 14.1. The molecule has 0 radical (unpaired) electrons. The normalized spacial score (nSPS) is 24.8. The van der Waals surface area contributed by atoms with E-state index in [1.54, 1.807) is 0 Å². The quantitative estimate of drug-likeness (QED) is 0.454. The summed E-state index contributed by atoms with van der Waals surface area (Å²) in [6.07, 6.45) is 18.5. The molecule has 0 saturated heterocycles. The van der Waals surface area contributed by atoms with Crippen molar-refractivity contribution in [3.8, 4) is 0 Å². The van der Waals surface area contributed by atoms with E-state index in [9.17, 15) is 5.11 Å². The molecule has 1 rings (SSSR count). The molecule has 0 amide bonds. The van der Waals surface area contributed by atoms with Crippen molar-refractivity contribution in [1.29, 1.82) is 0 Å². The van der Waals surface area contributed by atoms with Crippen molar-refractivity contribution in [1.82, 2.24) is 0 Å². The van der Waals surface area contributed by atoms with Gasteiger partial charge in [0.1, 0.15) is 0 Å². The molecule has 1 fully saturated rings. The van der Waals surface area contributed by atoms with Crippen LogP contribution in [0.25, 0.3) is 0 Å². The van der Waals surface area contributed by atoms with Crippen LogP contribution in [-0.2, 0) is 0 Å². The first-order valence-corrected chi connectivity index (χ1v) is 9.46. The van der Waals surface area contributed by atoms with Gasteiger partial charge >= 0.3 is 0 Å². The molecule has 0 aromatic carbocycles. The van der Waals surface area contributed by atoms with Gasteiger partial charge in [0, 0.05) is 0 Å². The van der Waals surface area contributed by atoms with Crippen LogP contribution in [0.1, 0.15) is 104 Å². The van der Waals surface area contributed by atoms with Crippen LogP contribution in [0.2, 0.25) is 0 Å². The summed E-state index contributed by atoms with van der Waals surface area (Å²) < 4.78 is 0. The largest absolute Gasteiger partial charge is 0.393 e. The van der Waals surface area contributed by atoms with Gasteiger partial charge in [0.2, 0.25) is 0 Å². The molecule has 1 saturated carbocycles. The number of rotatable bonds is 11. The minimum absolute atomic E-state index is 0.00628. The van der Waals surface area contributed by atoms with E-state index in [-0.39, 0.29) is 6.10 Å². The Balaban J connectivity index is 1.98. The molecule has 0 bridgehead atoms. The van der Waals surface area contributed by atoms with E-state index in [1.807, 2.05) is 0 Å². The van der Waals surface area contributed by atoms with Crippen LogP contribution in [-0.4, -0.2) is 11.2 Å². The molecule has 1 aliphatic carbocycles. The van der Waals surface area contributed by atoms with E-state index in [0.29, 0.717) is 5.92 Å². The zero-order chi connectivity index (χ0) is 14.6. The third-order valence-electron chi connectivity index (χ3n) is 5.24. The summed E-state index contributed by atoms with van der Waals surface area (Å²) in [5.41, 5.74) is 0. The van der Waals surface area contributed by atoms with Gasteiger partial charge in [-0.25, -0.2) is 0 Å². The maximum atomic E-state index is 10.3. The highest BCUT2D eigenvalue weighted by Crippen LogP contribution is 2.34. The second-order valence-electron chi connectivity index (χ2n) is 7.05. The lowest BCUT2D eigenvalue weighted by Gasteiger charge is -2.31. The van der Waals surface area contributed by atoms with Gasteiger partial charge in [-0.15, -0.1) is 0 Å². The summed E-state index contributed by atoms with van der Waals surface area (Å²) in [5.74, 6) is 1.57. The molecule has 0 aromatic rings. The van der Waals surface area contributed by atoms with Gasteiger partial charge in [0.25, 0.3) is 0 Å². The van der Waals surface area contributed by atoms with E-state index in [0.717, 1.165) is 12.3 Å². The molecule has 1 atom stereocenters. The highest BCUT2D eigenvalue weighted by atomic mass is 16.3. The number of aliphatic hydroxyl groups excluding tert-OH is 1. The minimum Gasteiger partial charge on any atom is -0.393 e. The summed E-state index contributed by atoms with van der Waals surface area (Å²) in [5, 5.41) is 10.3. The average Bonchev–Trinajstić information content (AvgIpc) is 2.47. The van der Waals surface area contributed by atoms with Crippen molar-refractivity contribution in [2.24, 2.45) is 11.8 Å². The van der Waals surface area contributed by atoms with Gasteiger partial charge in [0.05, 0.1) is 6.10 Å². The van der Waals surface area contributed by atoms with Gasteiger partial charge in [-0.05, 0) is 31.1 Å². The van der Waals surface area contributed by atoms with Crippen LogP contribution in [0, 0.1) is 11.8 Å². The number of unbranched alkanes of at least 4 members (excludes halogenated alkanes) is 6. The van der Waals surface area contributed by atoms with Crippen LogP contribution in [0.3, 0.4) is 0 Å². The summed E-state index contributed by atoms with van der Waals surface area (Å²) in [7, 11) is 0. The highest BCUT2D eigenvalue weighted by Gasteiger charge is 2.25. The molecule has 1 unspecified atom stereocenters. The maximum Gasteiger partial charge on any atom is 0.0568 e. The Hall–Kier alpha value is -0.0400. The van der Waals surface area contributed by atoms with E-state index >= 15 is 0 Å². The van der Waals surface area contributed by atoms with Crippen molar-refractivity contribution in [2.75, 3.05) is 0 Å². The monoisotopic (exact) mass is 282 g/mol. The molecule has 0 aromatic heterocycles. The smallest absolute Gasteiger partial charge is 0.0568 e. The van der Waals surface area contributed by atoms with Crippen molar-refractivity contribution in [3.63, 3.8) is 0 Å². The fourth-order valence-corrected chi connectivity index (χ4v) is 3.82. The summed E-state index contributed by atoms with van der Waals surface area (Å²) in [6.45, 7) is 4.56. The molecule has 120 valence electrons. The third-order valence-corrected chi connectivity index (χ3v) is 5.24. The van der Waals surface area contributed by atoms with Crippen molar-refractivity contribution in [3.05, 3.63) is 0 Å². The Labute approximate surface area is 127 Å². The fourth-order valence-electron chi connectivity index (χ4n) is 3.82. The molecule has 20 heavy (non-hydrogen) atoms. The van der Waals surface area contributed by atoms with Gasteiger partial charge in [-0.2, -0.15) is 0 Å². The third kappa shape index (κ3) is 7.67. The highest BCUT2D eigenvalue weighted by molar-refractivity contribution is 4.77. The first kappa shape index (κ1) is 18.0. The lowest BCUT2D eigenvalue weighted by molar-refractivity contribution is 0.0636. The Kier molecular flexibility index (Phi) is 10.4. The first-order valence-electron chi connectivity index (χ1n) is 9.46. The van der Waals surface area contributed by atoms with Crippen LogP contribution in [0.4, 0.5) is 0 Å². The Morgan fingerprint density at radius 1 is 0.800 bits per heavy atom. The van der Waals surface area contributed by atoms with Gasteiger partial charge in [0.15, 0.2) is 0 Å². The van der Waals surface area contributed by atoms with Crippen LogP contribution in [0.5, 0.6) is 0 Å². The van der Waals surface area contributed by atoms with Crippen molar-refractivity contribution in [2.45, 2.75) is 110 Å². The van der Waals surface area contributed by atoms with Crippen LogP contribution in [0.15, 0.2) is 0 Å². The minimum atomic E-state index is -0.00628. The molecule has 1 aliphatic rings. The molecule has 1 N–H and O–H groups in total. The lowest BCUT2D eigenvalue weighted by atomic mass is 9.77. The molecule has 1 nitrogen and oxygen atoms in total. The van der Waals surface area contributed by atoms with Crippen LogP contribution >= 0.6 is 0 Å². The molecule has 1 heteroatoms. The topological polar surface area (TPSA) is 20.2 Å². The molecule has 0 aliphatic heterocycles. The second-order valence-corrected chi connectivity index (χ2v) is 7.05. The molecule has 0 spiro atoms. The van der Waals surface area contributed by atoms with Gasteiger partial charge in [-0.1, -0.05) is 84.5 Å². The van der Waals surface area contributed by atoms with Crippen LogP contribution < -0.4 is 0 Å². The number of aliphatic hydroxyl groups is 1. The zero-order valence-electron chi connectivity index (χ0n) is 14.1. The predicted molar refractivity (Wildman–Crippen MR) is 89.0 cm³/mol. The van der Waals surface area contributed by atoms with Crippen molar-refractivity contribution < 1.29 is 5.11 Å². The maximum absolute atomic E-state index is 10.3. The number of hydrogen-bond donors (Lipinski definition) is 1. The van der Waals surface area contributed by atoms with E-state index < -0.39 is 0 Å². The van der Waals surface area contributed by atoms with E-state index in [1.165, 1.54) is 83.5 Å². The van der Waals surface area contributed by atoms with Gasteiger partial charge in [-0.3, -0.25) is 0 Å². The summed E-state index contributed by atoms with van der Waals surface area (Å²) >= 11 is 0. The Bertz CT molecular complexity index is 206. The predicted octanol–water partition coefficient (Wildman–Crippen LogP) is 6.09. The van der Waals surface area contributed by atoms with Gasteiger partial charge < -0.3 is 5.11 Å². The second kappa shape index (κ2) is 11.6. The lowest BCUT2D eigenvalue weighted by Crippen LogP contribution is -2.25. The molecule has 0 heterocycles. The molecular formula is C19H38O. The van der Waals surface area contributed by atoms with E-state index in [4.69, 9.17) is 0 Å². The number of hydrogen-bond acceptors (Lipinski definition) is 1. The summed E-state index contributed by atoms with van der Waals surface area (Å²) in [4.78, 5) is 0. The standard InChI is InChI=1S/C19H38O/c1-3-5-6-7-8-9-10-12-19(20)18-15-13-17(11-4-2)14-16-18/h17-20H,3-16H2,1-2H3.